The molecule has 1 fully saturated rings. The summed E-state index contributed by atoms with van der Waals surface area (Å²) in [5.74, 6) is 0.401. The maximum absolute atomic E-state index is 13.1. The van der Waals surface area contributed by atoms with Gasteiger partial charge >= 0.3 is 0 Å². The summed E-state index contributed by atoms with van der Waals surface area (Å²) in [6.45, 7) is 6.01. The monoisotopic (exact) mass is 361 g/mol. The fourth-order valence-electron chi connectivity index (χ4n) is 2.99. The number of methoxy groups -OCH3 is 1. The lowest BCUT2D eigenvalue weighted by atomic mass is 10.1. The first-order valence-electron chi connectivity index (χ1n) is 8.24. The van der Waals surface area contributed by atoms with E-state index in [2.05, 4.69) is 9.88 Å². The summed E-state index contributed by atoms with van der Waals surface area (Å²) in [7, 11) is -2.08. The highest BCUT2D eigenvalue weighted by Gasteiger charge is 2.31. The highest BCUT2D eigenvalue weighted by molar-refractivity contribution is 7.89. The molecule has 1 aromatic carbocycles. The molecule has 7 heteroatoms. The number of nitrogens with zero attached hydrogens (tertiary/aromatic N) is 3. The van der Waals surface area contributed by atoms with Crippen molar-refractivity contribution in [2.45, 2.75) is 18.7 Å². The molecule has 2 heterocycles. The highest BCUT2D eigenvalue weighted by Crippen LogP contribution is 2.30. The van der Waals surface area contributed by atoms with Crippen LogP contribution in [-0.4, -0.2) is 51.0 Å². The van der Waals surface area contributed by atoms with E-state index < -0.39 is 10.0 Å². The van der Waals surface area contributed by atoms with Gasteiger partial charge in [-0.3, -0.25) is 4.98 Å². The van der Waals surface area contributed by atoms with Gasteiger partial charge in [-0.25, -0.2) is 8.42 Å². The zero-order chi connectivity index (χ0) is 18.0. The normalized spacial score (nSPS) is 16.0. The van der Waals surface area contributed by atoms with Gasteiger partial charge in [0.1, 0.15) is 10.6 Å². The second-order valence-corrected chi connectivity index (χ2v) is 8.10. The SMILES string of the molecule is COc1cc(C)c(C)cc1S(=O)(=O)N1CCN(c2cccnc2)CC1. The molecule has 0 N–H and O–H groups in total. The maximum Gasteiger partial charge on any atom is 0.246 e. The average Bonchev–Trinajstić information content (AvgIpc) is 2.64. The fourth-order valence-corrected chi connectivity index (χ4v) is 4.64. The molecule has 0 aliphatic carbocycles. The summed E-state index contributed by atoms with van der Waals surface area (Å²) < 4.78 is 33.0. The van der Waals surface area contributed by atoms with E-state index in [0.29, 0.717) is 31.9 Å². The molecular formula is C18H23N3O3S. The average molecular weight is 361 g/mol. The molecule has 0 atom stereocenters. The molecule has 1 aliphatic rings. The van der Waals surface area contributed by atoms with Crippen molar-refractivity contribution >= 4 is 15.7 Å². The number of anilines is 1. The van der Waals surface area contributed by atoms with Crippen molar-refractivity contribution in [2.24, 2.45) is 0 Å². The van der Waals surface area contributed by atoms with Gasteiger partial charge in [-0.15, -0.1) is 0 Å². The van der Waals surface area contributed by atoms with Gasteiger partial charge in [0.05, 0.1) is 19.0 Å². The van der Waals surface area contributed by atoms with E-state index >= 15 is 0 Å². The Hall–Kier alpha value is -2.12. The first-order chi connectivity index (χ1) is 11.9. The van der Waals surface area contributed by atoms with Crippen LogP contribution in [0.2, 0.25) is 0 Å². The van der Waals surface area contributed by atoms with Crippen LogP contribution < -0.4 is 9.64 Å². The topological polar surface area (TPSA) is 62.7 Å². The van der Waals surface area contributed by atoms with Gasteiger partial charge in [0, 0.05) is 32.4 Å². The van der Waals surface area contributed by atoms with Crippen molar-refractivity contribution in [1.29, 1.82) is 0 Å². The molecule has 6 nitrogen and oxygen atoms in total. The summed E-state index contributed by atoms with van der Waals surface area (Å²) in [5, 5.41) is 0. The minimum Gasteiger partial charge on any atom is -0.495 e. The second-order valence-electron chi connectivity index (χ2n) is 6.19. The molecule has 3 rings (SSSR count). The lowest BCUT2D eigenvalue weighted by Crippen LogP contribution is -2.48. The first-order valence-corrected chi connectivity index (χ1v) is 9.68. The second kappa shape index (κ2) is 7.01. The number of aromatic nitrogens is 1. The van der Waals surface area contributed by atoms with Crippen LogP contribution in [0.15, 0.2) is 41.6 Å². The zero-order valence-electron chi connectivity index (χ0n) is 14.8. The van der Waals surface area contributed by atoms with Crippen LogP contribution in [-0.2, 0) is 10.0 Å². The lowest BCUT2D eigenvalue weighted by Gasteiger charge is -2.35. The Labute approximate surface area is 149 Å². The van der Waals surface area contributed by atoms with E-state index in [9.17, 15) is 8.42 Å². The van der Waals surface area contributed by atoms with Crippen molar-refractivity contribution in [3.05, 3.63) is 47.8 Å². The molecule has 0 radical (unpaired) electrons. The van der Waals surface area contributed by atoms with Crippen molar-refractivity contribution in [2.75, 3.05) is 38.2 Å². The van der Waals surface area contributed by atoms with Gasteiger partial charge in [0.25, 0.3) is 0 Å². The lowest BCUT2D eigenvalue weighted by molar-refractivity contribution is 0.374. The minimum atomic E-state index is -3.58. The molecule has 0 unspecified atom stereocenters. The summed E-state index contributed by atoms with van der Waals surface area (Å²) in [6, 6.07) is 7.37. The standard InChI is InChI=1S/C18H23N3O3S/c1-14-11-17(24-3)18(12-15(14)2)25(22,23)21-9-7-20(8-10-21)16-5-4-6-19-13-16/h4-6,11-13H,7-10H2,1-3H3. The number of rotatable bonds is 4. The predicted molar refractivity (Wildman–Crippen MR) is 97.7 cm³/mol. The van der Waals surface area contributed by atoms with E-state index in [4.69, 9.17) is 4.74 Å². The predicted octanol–water partition coefficient (Wildman–Crippen LogP) is 2.22. The number of piperazine rings is 1. The number of hydrogen-bond donors (Lipinski definition) is 0. The first kappa shape index (κ1) is 17.7. The van der Waals surface area contributed by atoms with Crippen LogP contribution in [0.5, 0.6) is 5.75 Å². The van der Waals surface area contributed by atoms with E-state index in [1.807, 2.05) is 26.0 Å². The van der Waals surface area contributed by atoms with Crippen LogP contribution >= 0.6 is 0 Å². The largest absolute Gasteiger partial charge is 0.495 e. The number of ether oxygens (including phenoxy) is 1. The summed E-state index contributed by atoms with van der Waals surface area (Å²) >= 11 is 0. The van der Waals surface area contributed by atoms with E-state index in [-0.39, 0.29) is 4.90 Å². The van der Waals surface area contributed by atoms with Crippen LogP contribution in [0.3, 0.4) is 0 Å². The van der Waals surface area contributed by atoms with Crippen molar-refractivity contribution in [3.8, 4) is 5.75 Å². The van der Waals surface area contributed by atoms with Gasteiger partial charge in [-0.2, -0.15) is 4.31 Å². The number of aryl methyl sites for hydroxylation is 2. The minimum absolute atomic E-state index is 0.243. The molecule has 0 bridgehead atoms. The van der Waals surface area contributed by atoms with Crippen LogP contribution in [0.4, 0.5) is 5.69 Å². The number of benzene rings is 1. The molecule has 0 spiro atoms. The van der Waals surface area contributed by atoms with Gasteiger partial charge in [-0.1, -0.05) is 0 Å². The van der Waals surface area contributed by atoms with Gasteiger partial charge in [-0.05, 0) is 49.2 Å². The van der Waals surface area contributed by atoms with E-state index in [1.165, 1.54) is 11.4 Å². The molecule has 0 amide bonds. The van der Waals surface area contributed by atoms with Gasteiger partial charge in [0.15, 0.2) is 0 Å². The Morgan fingerprint density at radius 3 is 2.36 bits per heavy atom. The summed E-state index contributed by atoms with van der Waals surface area (Å²) in [4.78, 5) is 6.52. The summed E-state index contributed by atoms with van der Waals surface area (Å²) in [5.41, 5.74) is 2.97. The zero-order valence-corrected chi connectivity index (χ0v) is 15.6. The number of sulfonamides is 1. The quantitative estimate of drug-likeness (QED) is 0.836. The third-order valence-electron chi connectivity index (χ3n) is 4.65. The van der Waals surface area contributed by atoms with E-state index in [0.717, 1.165) is 16.8 Å². The van der Waals surface area contributed by atoms with Crippen LogP contribution in [0.25, 0.3) is 0 Å². The number of pyridine rings is 1. The van der Waals surface area contributed by atoms with Crippen LogP contribution in [0, 0.1) is 13.8 Å². The Kier molecular flexibility index (Phi) is 4.96. The Morgan fingerprint density at radius 1 is 1.08 bits per heavy atom. The number of hydrogen-bond acceptors (Lipinski definition) is 5. The maximum atomic E-state index is 13.1. The van der Waals surface area contributed by atoms with E-state index in [1.54, 1.807) is 24.5 Å². The molecule has 1 aliphatic heterocycles. The van der Waals surface area contributed by atoms with Crippen molar-refractivity contribution in [3.63, 3.8) is 0 Å². The third kappa shape index (κ3) is 3.48. The van der Waals surface area contributed by atoms with Crippen molar-refractivity contribution in [1.82, 2.24) is 9.29 Å². The third-order valence-corrected chi connectivity index (χ3v) is 6.57. The van der Waals surface area contributed by atoms with Crippen LogP contribution in [0.1, 0.15) is 11.1 Å². The Morgan fingerprint density at radius 2 is 1.76 bits per heavy atom. The fraction of sp³-hybridized carbons (Fsp3) is 0.389. The Balaban J connectivity index is 1.82. The summed E-state index contributed by atoms with van der Waals surface area (Å²) in [6.07, 6.45) is 3.53. The molecule has 1 saturated heterocycles. The Bertz CT molecular complexity index is 845. The molecule has 25 heavy (non-hydrogen) atoms. The highest BCUT2D eigenvalue weighted by atomic mass is 32.2. The smallest absolute Gasteiger partial charge is 0.246 e. The van der Waals surface area contributed by atoms with Crippen molar-refractivity contribution < 1.29 is 13.2 Å². The molecule has 1 aromatic heterocycles. The molecule has 134 valence electrons. The molecular weight excluding hydrogens is 338 g/mol. The van der Waals surface area contributed by atoms with Gasteiger partial charge in [0.2, 0.25) is 10.0 Å². The molecule has 0 saturated carbocycles. The van der Waals surface area contributed by atoms with Gasteiger partial charge < -0.3 is 9.64 Å². The molecule has 2 aromatic rings.